The number of anilines is 1. The summed E-state index contributed by atoms with van der Waals surface area (Å²) in [5, 5.41) is 0. The molecule has 1 aliphatic heterocycles. The number of fused-ring (bicyclic) bond motifs is 1. The maximum absolute atomic E-state index is 6.09. The molecule has 1 saturated heterocycles. The smallest absolute Gasteiger partial charge is 0.137 e. The van der Waals surface area contributed by atoms with Crippen LogP contribution in [-0.4, -0.2) is 58.5 Å². The van der Waals surface area contributed by atoms with E-state index in [4.69, 9.17) is 15.5 Å². The molecule has 3 aromatic rings. The fourth-order valence-corrected chi connectivity index (χ4v) is 3.90. The molecule has 0 aliphatic carbocycles. The predicted octanol–water partition coefficient (Wildman–Crippen LogP) is 3.51. The summed E-state index contributed by atoms with van der Waals surface area (Å²) < 4.78 is 7.89. The zero-order chi connectivity index (χ0) is 20.2. The normalized spacial score (nSPS) is 15.8. The van der Waals surface area contributed by atoms with Crippen LogP contribution in [0.15, 0.2) is 42.6 Å². The summed E-state index contributed by atoms with van der Waals surface area (Å²) in [6, 6.07) is 12.2. The number of piperazine rings is 1. The molecule has 2 aromatic heterocycles. The van der Waals surface area contributed by atoms with Gasteiger partial charge in [-0.1, -0.05) is 13.8 Å². The molecule has 154 valence electrons. The quantitative estimate of drug-likeness (QED) is 0.666. The van der Waals surface area contributed by atoms with E-state index in [1.54, 1.807) is 0 Å². The zero-order valence-electron chi connectivity index (χ0n) is 17.5. The van der Waals surface area contributed by atoms with Gasteiger partial charge in [-0.05, 0) is 49.4 Å². The molecule has 1 aliphatic rings. The third-order valence-electron chi connectivity index (χ3n) is 5.63. The molecule has 0 spiro atoms. The second kappa shape index (κ2) is 8.84. The minimum absolute atomic E-state index is 0.738. The molecule has 0 atom stereocenters. The zero-order valence-corrected chi connectivity index (χ0v) is 17.5. The lowest BCUT2D eigenvalue weighted by Crippen LogP contribution is -2.45. The molecule has 0 saturated carbocycles. The lowest BCUT2D eigenvalue weighted by Gasteiger charge is -2.34. The molecule has 1 aromatic carbocycles. The van der Waals surface area contributed by atoms with E-state index in [2.05, 4.69) is 40.2 Å². The van der Waals surface area contributed by atoms with E-state index in [0.717, 1.165) is 80.6 Å². The topological polar surface area (TPSA) is 59.0 Å². The van der Waals surface area contributed by atoms with Crippen LogP contribution < -0.4 is 10.5 Å². The van der Waals surface area contributed by atoms with Gasteiger partial charge in [0.05, 0.1) is 18.0 Å². The van der Waals surface area contributed by atoms with Gasteiger partial charge in [0.1, 0.15) is 11.4 Å². The summed E-state index contributed by atoms with van der Waals surface area (Å²) in [6.45, 7) is 11.5. The molecular weight excluding hydrogens is 362 g/mol. The molecular formula is C23H31N5O. The first-order chi connectivity index (χ1) is 14.2. The lowest BCUT2D eigenvalue weighted by molar-refractivity contribution is 0.131. The highest BCUT2D eigenvalue weighted by molar-refractivity contribution is 5.68. The van der Waals surface area contributed by atoms with Crippen molar-refractivity contribution in [2.24, 2.45) is 0 Å². The first-order valence-corrected chi connectivity index (χ1v) is 10.6. The minimum Gasteiger partial charge on any atom is -0.494 e. The van der Waals surface area contributed by atoms with Gasteiger partial charge in [-0.2, -0.15) is 0 Å². The third-order valence-corrected chi connectivity index (χ3v) is 5.63. The number of nitrogens with two attached hydrogens (primary N) is 1. The molecule has 0 unspecified atom stereocenters. The van der Waals surface area contributed by atoms with Crippen molar-refractivity contribution in [2.45, 2.75) is 26.8 Å². The van der Waals surface area contributed by atoms with Gasteiger partial charge in [-0.25, -0.2) is 4.98 Å². The Balaban J connectivity index is 1.65. The second-order valence-corrected chi connectivity index (χ2v) is 7.68. The number of hydrogen-bond acceptors (Lipinski definition) is 5. The van der Waals surface area contributed by atoms with Crippen LogP contribution in [0.2, 0.25) is 0 Å². The Morgan fingerprint density at radius 2 is 1.69 bits per heavy atom. The van der Waals surface area contributed by atoms with Gasteiger partial charge in [0, 0.05) is 50.2 Å². The van der Waals surface area contributed by atoms with Crippen LogP contribution in [0.25, 0.3) is 16.9 Å². The Morgan fingerprint density at radius 3 is 2.38 bits per heavy atom. The van der Waals surface area contributed by atoms with Crippen molar-refractivity contribution < 1.29 is 4.74 Å². The van der Waals surface area contributed by atoms with Gasteiger partial charge in [0.25, 0.3) is 0 Å². The maximum atomic E-state index is 6.09. The van der Waals surface area contributed by atoms with Crippen LogP contribution in [0.3, 0.4) is 0 Å². The van der Waals surface area contributed by atoms with E-state index in [-0.39, 0.29) is 0 Å². The molecule has 0 bridgehead atoms. The Hall–Kier alpha value is -2.57. The van der Waals surface area contributed by atoms with Crippen molar-refractivity contribution >= 4 is 11.3 Å². The van der Waals surface area contributed by atoms with Crippen LogP contribution in [0.1, 0.15) is 26.0 Å². The molecule has 1 fully saturated rings. The summed E-state index contributed by atoms with van der Waals surface area (Å²) in [5.74, 6) is 0.904. The summed E-state index contributed by atoms with van der Waals surface area (Å²) in [6.07, 6.45) is 2.99. The minimum atomic E-state index is 0.738. The van der Waals surface area contributed by atoms with Crippen molar-refractivity contribution in [1.29, 1.82) is 0 Å². The molecule has 0 radical (unpaired) electrons. The van der Waals surface area contributed by atoms with Gasteiger partial charge in [-0.15, -0.1) is 0 Å². The number of imidazole rings is 1. The van der Waals surface area contributed by atoms with Crippen LogP contribution in [0, 0.1) is 0 Å². The van der Waals surface area contributed by atoms with E-state index >= 15 is 0 Å². The first kappa shape index (κ1) is 19.7. The van der Waals surface area contributed by atoms with Crippen LogP contribution in [0.4, 0.5) is 5.69 Å². The number of aromatic nitrogens is 2. The molecule has 29 heavy (non-hydrogen) atoms. The number of nitrogens with zero attached hydrogens (tertiary/aromatic N) is 4. The molecule has 2 N–H and O–H groups in total. The molecule has 6 heteroatoms. The number of benzene rings is 1. The maximum Gasteiger partial charge on any atom is 0.137 e. The predicted molar refractivity (Wildman–Crippen MR) is 118 cm³/mol. The van der Waals surface area contributed by atoms with Crippen molar-refractivity contribution in [3.05, 3.63) is 48.3 Å². The van der Waals surface area contributed by atoms with Crippen molar-refractivity contribution in [1.82, 2.24) is 19.2 Å². The molecule has 4 rings (SSSR count). The van der Waals surface area contributed by atoms with Crippen molar-refractivity contribution in [3.8, 4) is 17.0 Å². The van der Waals surface area contributed by atoms with Gasteiger partial charge >= 0.3 is 0 Å². The lowest BCUT2D eigenvalue weighted by atomic mass is 10.1. The molecule has 0 amide bonds. The number of likely N-dealkylation sites (N-methyl/N-ethyl adjacent to an activating group) is 1. The van der Waals surface area contributed by atoms with Crippen LogP contribution in [-0.2, 0) is 6.54 Å². The average molecular weight is 394 g/mol. The Morgan fingerprint density at radius 1 is 0.966 bits per heavy atom. The highest BCUT2D eigenvalue weighted by Gasteiger charge is 2.21. The third kappa shape index (κ3) is 4.38. The summed E-state index contributed by atoms with van der Waals surface area (Å²) in [7, 11) is 0. The number of rotatable bonds is 7. The largest absolute Gasteiger partial charge is 0.494 e. The number of nitrogen functional groups attached to an aromatic ring is 1. The first-order valence-electron chi connectivity index (χ1n) is 10.6. The van der Waals surface area contributed by atoms with E-state index in [0.29, 0.717) is 0 Å². The fourth-order valence-electron chi connectivity index (χ4n) is 3.90. The average Bonchev–Trinajstić information content (AvgIpc) is 3.10. The number of hydrogen-bond donors (Lipinski definition) is 1. The summed E-state index contributed by atoms with van der Waals surface area (Å²) in [5.41, 5.74) is 11.1. The standard InChI is InChI=1S/C23H31N5O/c1-3-15-29-20-8-5-18(6-9-20)23-21(17-27-13-11-26(4-2)12-14-27)28-16-19(24)7-10-22(28)25-23/h5-10,16H,3-4,11-15,17,24H2,1-2H3. The Kier molecular flexibility index (Phi) is 6.02. The van der Waals surface area contributed by atoms with E-state index < -0.39 is 0 Å². The second-order valence-electron chi connectivity index (χ2n) is 7.68. The van der Waals surface area contributed by atoms with Gasteiger partial charge in [-0.3, -0.25) is 4.90 Å². The van der Waals surface area contributed by atoms with Crippen molar-refractivity contribution in [3.63, 3.8) is 0 Å². The van der Waals surface area contributed by atoms with Crippen LogP contribution >= 0.6 is 0 Å². The highest BCUT2D eigenvalue weighted by Crippen LogP contribution is 2.28. The van der Waals surface area contributed by atoms with Crippen LogP contribution in [0.5, 0.6) is 5.75 Å². The SMILES string of the molecule is CCCOc1ccc(-c2nc3ccc(N)cn3c2CN2CCN(CC)CC2)cc1. The van der Waals surface area contributed by atoms with Gasteiger partial charge < -0.3 is 19.8 Å². The van der Waals surface area contributed by atoms with E-state index in [1.807, 2.05) is 30.5 Å². The Bertz CT molecular complexity index is 942. The fraction of sp³-hybridized carbons (Fsp3) is 0.435. The van der Waals surface area contributed by atoms with Gasteiger partial charge in [0.2, 0.25) is 0 Å². The summed E-state index contributed by atoms with van der Waals surface area (Å²) in [4.78, 5) is 9.96. The molecule has 6 nitrogen and oxygen atoms in total. The number of ether oxygens (including phenoxy) is 1. The van der Waals surface area contributed by atoms with E-state index in [1.165, 1.54) is 5.69 Å². The molecule has 3 heterocycles. The van der Waals surface area contributed by atoms with E-state index in [9.17, 15) is 0 Å². The number of pyridine rings is 1. The monoisotopic (exact) mass is 393 g/mol. The highest BCUT2D eigenvalue weighted by atomic mass is 16.5. The Labute approximate surface area is 172 Å². The van der Waals surface area contributed by atoms with Gasteiger partial charge in [0.15, 0.2) is 0 Å². The summed E-state index contributed by atoms with van der Waals surface area (Å²) >= 11 is 0. The van der Waals surface area contributed by atoms with Crippen molar-refractivity contribution in [2.75, 3.05) is 45.1 Å².